The number of nitrogens with zero attached hydrogens (tertiary/aromatic N) is 1. The van der Waals surface area contributed by atoms with E-state index >= 15 is 0 Å². The number of thiazole rings is 1. The van der Waals surface area contributed by atoms with Crippen molar-refractivity contribution in [1.82, 2.24) is 10.3 Å². The Balaban J connectivity index is 1.91. The molecule has 6 nitrogen and oxygen atoms in total. The Morgan fingerprint density at radius 1 is 1.07 bits per heavy atom. The first-order valence-corrected chi connectivity index (χ1v) is 16.6. The Labute approximate surface area is 257 Å². The van der Waals surface area contributed by atoms with E-state index in [1.54, 1.807) is 18.3 Å². The van der Waals surface area contributed by atoms with Crippen LogP contribution in [-0.4, -0.2) is 30.1 Å². The Morgan fingerprint density at radius 3 is 2.43 bits per heavy atom. The summed E-state index contributed by atoms with van der Waals surface area (Å²) in [6, 6.07) is 8.01. The van der Waals surface area contributed by atoms with Crippen LogP contribution in [0.4, 0.5) is 0 Å². The fourth-order valence-electron chi connectivity index (χ4n) is 5.21. The van der Waals surface area contributed by atoms with Gasteiger partial charge in [-0.2, -0.15) is 0 Å². The standard InChI is InChI=1S/C35H50N2O4S/c1-7-9-19-41-29-17-15-27(16-18-29)23-31(36-33(38)28-13-11-10-12-14-28)34-37-30(32(42-34)20-24(3)4)22-25(5)21-26(6)35(39)40-8-2/h15-18,21-22,24,28,31H,7-14,19-20,23H2,1-6H3,(H,36,38)/b25-22+,26-21-/t31-/m0/s1. The van der Waals surface area contributed by atoms with Gasteiger partial charge >= 0.3 is 5.97 Å². The van der Waals surface area contributed by atoms with Crippen LogP contribution in [0.15, 0.2) is 41.5 Å². The van der Waals surface area contributed by atoms with E-state index in [0.29, 0.717) is 24.5 Å². The molecule has 2 aromatic rings. The van der Waals surface area contributed by atoms with Crippen molar-refractivity contribution in [3.63, 3.8) is 0 Å². The SMILES string of the molecule is CCCCOc1ccc(C[C@H](NC(=O)C2CCCCC2)c2nc(/C=C(C)/C=C(/C)C(=O)OCC)c(CC(C)C)s2)cc1. The molecule has 0 bridgehead atoms. The van der Waals surface area contributed by atoms with Crippen LogP contribution in [0, 0.1) is 11.8 Å². The lowest BCUT2D eigenvalue weighted by atomic mass is 9.88. The molecule has 0 radical (unpaired) electrons. The molecule has 230 valence electrons. The Morgan fingerprint density at radius 2 is 1.79 bits per heavy atom. The van der Waals surface area contributed by atoms with Gasteiger partial charge in [-0.25, -0.2) is 9.78 Å². The number of unbranched alkanes of at least 4 members (excludes halogenated alkanes) is 1. The molecule has 0 saturated heterocycles. The summed E-state index contributed by atoms with van der Waals surface area (Å²) >= 11 is 1.69. The van der Waals surface area contributed by atoms with Gasteiger partial charge in [0.25, 0.3) is 0 Å². The summed E-state index contributed by atoms with van der Waals surface area (Å²) in [4.78, 5) is 31.9. The molecular formula is C35H50N2O4S. The van der Waals surface area contributed by atoms with Gasteiger partial charge < -0.3 is 14.8 Å². The summed E-state index contributed by atoms with van der Waals surface area (Å²) in [6.45, 7) is 13.2. The molecule has 42 heavy (non-hydrogen) atoms. The normalized spacial score (nSPS) is 15.5. The van der Waals surface area contributed by atoms with Crippen LogP contribution >= 0.6 is 11.3 Å². The van der Waals surface area contributed by atoms with E-state index in [9.17, 15) is 9.59 Å². The highest BCUT2D eigenvalue weighted by Gasteiger charge is 2.27. The van der Waals surface area contributed by atoms with Gasteiger partial charge in [0, 0.05) is 16.4 Å². The van der Waals surface area contributed by atoms with Gasteiger partial charge in [-0.3, -0.25) is 4.79 Å². The molecular weight excluding hydrogens is 544 g/mol. The molecule has 1 aromatic carbocycles. The Kier molecular flexibility index (Phi) is 13.8. The van der Waals surface area contributed by atoms with Crippen molar-refractivity contribution in [2.75, 3.05) is 13.2 Å². The smallest absolute Gasteiger partial charge is 0.333 e. The number of aromatic nitrogens is 1. The molecule has 0 aliphatic heterocycles. The van der Waals surface area contributed by atoms with Crippen molar-refractivity contribution >= 4 is 29.3 Å². The Hall–Kier alpha value is -2.93. The molecule has 3 rings (SSSR count). The lowest BCUT2D eigenvalue weighted by molar-refractivity contribution is -0.138. The monoisotopic (exact) mass is 594 g/mol. The summed E-state index contributed by atoms with van der Waals surface area (Å²) in [5.41, 5.74) is 3.54. The van der Waals surface area contributed by atoms with Gasteiger partial charge in [-0.1, -0.05) is 58.6 Å². The summed E-state index contributed by atoms with van der Waals surface area (Å²) in [6.07, 6.45) is 12.9. The van der Waals surface area contributed by atoms with E-state index in [0.717, 1.165) is 79.1 Å². The van der Waals surface area contributed by atoms with Crippen molar-refractivity contribution < 1.29 is 19.1 Å². The third kappa shape index (κ3) is 10.7. The number of hydrogen-bond acceptors (Lipinski definition) is 6. The molecule has 1 aliphatic rings. The van der Waals surface area contributed by atoms with E-state index < -0.39 is 0 Å². The summed E-state index contributed by atoms with van der Waals surface area (Å²) in [5, 5.41) is 4.32. The van der Waals surface area contributed by atoms with E-state index in [4.69, 9.17) is 14.5 Å². The summed E-state index contributed by atoms with van der Waals surface area (Å²) in [7, 11) is 0. The van der Waals surface area contributed by atoms with Gasteiger partial charge in [0.15, 0.2) is 0 Å². The highest BCUT2D eigenvalue weighted by molar-refractivity contribution is 7.11. The van der Waals surface area contributed by atoms with Crippen molar-refractivity contribution in [3.8, 4) is 5.75 Å². The van der Waals surface area contributed by atoms with E-state index in [-0.39, 0.29) is 23.8 Å². The maximum Gasteiger partial charge on any atom is 0.333 e. The van der Waals surface area contributed by atoms with E-state index in [1.165, 1.54) is 11.3 Å². The number of rotatable bonds is 15. The number of carbonyl (C=O) groups is 2. The fourth-order valence-corrected chi connectivity index (χ4v) is 6.52. The molecule has 1 aromatic heterocycles. The average Bonchev–Trinajstić information content (AvgIpc) is 3.35. The van der Waals surface area contributed by atoms with E-state index in [1.807, 2.05) is 38.1 Å². The number of carbonyl (C=O) groups excluding carboxylic acids is 2. The zero-order valence-electron chi connectivity index (χ0n) is 26.5. The first kappa shape index (κ1) is 33.6. The molecule has 1 fully saturated rings. The molecule has 0 spiro atoms. The topological polar surface area (TPSA) is 77.5 Å². The van der Waals surface area contributed by atoms with Gasteiger partial charge in [0.05, 0.1) is 24.9 Å². The quantitative estimate of drug-likeness (QED) is 0.0969. The maximum absolute atomic E-state index is 13.4. The van der Waals surface area contributed by atoms with E-state index in [2.05, 4.69) is 38.2 Å². The van der Waals surface area contributed by atoms with Crippen molar-refractivity contribution in [1.29, 1.82) is 0 Å². The maximum atomic E-state index is 13.4. The van der Waals surface area contributed by atoms with Crippen LogP contribution in [0.2, 0.25) is 0 Å². The molecule has 0 unspecified atom stereocenters. The van der Waals surface area contributed by atoms with Gasteiger partial charge in [0.1, 0.15) is 10.8 Å². The average molecular weight is 595 g/mol. The van der Waals surface area contributed by atoms with Crippen LogP contribution in [0.5, 0.6) is 5.75 Å². The van der Waals surface area contributed by atoms with Crippen molar-refractivity contribution in [3.05, 3.63) is 62.6 Å². The van der Waals surface area contributed by atoms with Crippen molar-refractivity contribution in [2.24, 2.45) is 11.8 Å². The molecule has 7 heteroatoms. The second-order valence-electron chi connectivity index (χ2n) is 11.8. The second kappa shape index (κ2) is 17.3. The highest BCUT2D eigenvalue weighted by atomic mass is 32.1. The number of amides is 1. The van der Waals surface area contributed by atoms with Gasteiger partial charge in [0.2, 0.25) is 5.91 Å². The Bertz CT molecular complexity index is 1210. The molecule has 1 saturated carbocycles. The number of benzene rings is 1. The van der Waals surface area contributed by atoms with Crippen LogP contribution in [0.25, 0.3) is 6.08 Å². The molecule has 1 heterocycles. The van der Waals surface area contributed by atoms with Crippen LogP contribution < -0.4 is 10.1 Å². The third-order valence-corrected chi connectivity index (χ3v) is 8.67. The highest BCUT2D eigenvalue weighted by Crippen LogP contribution is 2.32. The van der Waals surface area contributed by atoms with Crippen LogP contribution in [0.1, 0.15) is 114 Å². The van der Waals surface area contributed by atoms with Crippen LogP contribution in [-0.2, 0) is 27.2 Å². The lowest BCUT2D eigenvalue weighted by Gasteiger charge is -2.24. The zero-order valence-corrected chi connectivity index (χ0v) is 27.3. The van der Waals surface area contributed by atoms with Crippen molar-refractivity contribution in [2.45, 2.75) is 105 Å². The minimum atomic E-state index is -0.307. The van der Waals surface area contributed by atoms with Gasteiger partial charge in [-0.15, -0.1) is 11.3 Å². The number of allylic oxidation sites excluding steroid dienone is 2. The summed E-state index contributed by atoms with van der Waals surface area (Å²) < 4.78 is 11.0. The number of ether oxygens (including phenoxy) is 2. The van der Waals surface area contributed by atoms with Crippen LogP contribution in [0.3, 0.4) is 0 Å². The summed E-state index contributed by atoms with van der Waals surface area (Å²) in [5.74, 6) is 1.24. The number of nitrogens with one attached hydrogen (secondary N) is 1. The first-order valence-electron chi connectivity index (χ1n) is 15.8. The molecule has 1 N–H and O–H groups in total. The minimum absolute atomic E-state index is 0.0725. The lowest BCUT2D eigenvalue weighted by Crippen LogP contribution is -2.35. The first-order chi connectivity index (χ1) is 20.2. The molecule has 1 aliphatic carbocycles. The zero-order chi connectivity index (χ0) is 30.5. The van der Waals surface area contributed by atoms with Gasteiger partial charge in [-0.05, 0) is 94.2 Å². The predicted molar refractivity (Wildman–Crippen MR) is 173 cm³/mol. The fraction of sp³-hybridized carbons (Fsp3) is 0.571. The number of hydrogen-bond donors (Lipinski definition) is 1. The molecule has 1 amide bonds. The minimum Gasteiger partial charge on any atom is -0.494 e. The largest absolute Gasteiger partial charge is 0.494 e. The molecule has 1 atom stereocenters. The second-order valence-corrected chi connectivity index (χ2v) is 13.0. The third-order valence-electron chi connectivity index (χ3n) is 7.46. The predicted octanol–water partition coefficient (Wildman–Crippen LogP) is 8.41. The number of esters is 1.